The van der Waals surface area contributed by atoms with E-state index in [-0.39, 0.29) is 17.0 Å². The Morgan fingerprint density at radius 1 is 0.882 bits per heavy atom. The van der Waals surface area contributed by atoms with E-state index in [1.54, 1.807) is 12.1 Å². The van der Waals surface area contributed by atoms with Crippen molar-refractivity contribution in [1.82, 2.24) is 9.88 Å². The first-order valence-corrected chi connectivity index (χ1v) is 10.6. The first-order valence-electron chi connectivity index (χ1n) is 10.6. The number of aryl methyl sites for hydroxylation is 2. The van der Waals surface area contributed by atoms with Crippen LogP contribution < -0.4 is 19.7 Å². The van der Waals surface area contributed by atoms with Gasteiger partial charge in [0.05, 0.1) is 19.9 Å². The van der Waals surface area contributed by atoms with Crippen molar-refractivity contribution in [1.29, 1.82) is 0 Å². The molecule has 3 aromatic rings. The second kappa shape index (κ2) is 8.90. The Bertz CT molecular complexity index is 1340. The zero-order chi connectivity index (χ0) is 24.6. The molecule has 0 spiro atoms. The highest BCUT2D eigenvalue weighted by Crippen LogP contribution is 2.35. The van der Waals surface area contributed by atoms with Gasteiger partial charge >= 0.3 is 6.03 Å². The van der Waals surface area contributed by atoms with Crippen molar-refractivity contribution in [3.8, 4) is 17.2 Å². The molecule has 1 aromatic heterocycles. The van der Waals surface area contributed by atoms with E-state index in [2.05, 4.69) is 5.32 Å². The molecular formula is C26H25N3O5. The van der Waals surface area contributed by atoms with E-state index < -0.39 is 17.8 Å². The summed E-state index contributed by atoms with van der Waals surface area (Å²) in [7, 11) is 2.90. The monoisotopic (exact) mass is 459 g/mol. The van der Waals surface area contributed by atoms with Gasteiger partial charge in [0.2, 0.25) is 0 Å². The predicted octanol–water partition coefficient (Wildman–Crippen LogP) is 4.09. The standard InChI is InChI=1S/C26H25N3O5/c1-15-6-8-19(9-7-15)28-16(2)12-18(17(28)3)13-21-24(30)27-26(32)29(25(21)31)22-14-20(33-4)10-11-23(22)34-5/h6-14H,1-5H3,(H,27,30,32)/b21-13-. The number of urea groups is 1. The Kier molecular flexibility index (Phi) is 5.98. The van der Waals surface area contributed by atoms with Crippen LogP contribution in [0.1, 0.15) is 22.5 Å². The number of carbonyl (C=O) groups excluding carboxylic acids is 3. The third kappa shape index (κ3) is 3.94. The molecule has 0 unspecified atom stereocenters. The lowest BCUT2D eigenvalue weighted by molar-refractivity contribution is -0.122. The van der Waals surface area contributed by atoms with Gasteiger partial charge in [-0.25, -0.2) is 9.69 Å². The summed E-state index contributed by atoms with van der Waals surface area (Å²) >= 11 is 0. The minimum Gasteiger partial charge on any atom is -0.497 e. The van der Waals surface area contributed by atoms with Gasteiger partial charge in [-0.15, -0.1) is 0 Å². The molecule has 0 radical (unpaired) electrons. The molecule has 4 amide bonds. The number of nitrogens with one attached hydrogen (secondary N) is 1. The van der Waals surface area contributed by atoms with Crippen LogP contribution in [0.2, 0.25) is 0 Å². The molecule has 174 valence electrons. The second-order valence-electron chi connectivity index (χ2n) is 7.99. The van der Waals surface area contributed by atoms with Crippen LogP contribution in [0.25, 0.3) is 11.8 Å². The summed E-state index contributed by atoms with van der Waals surface area (Å²) in [5.74, 6) is -0.787. The summed E-state index contributed by atoms with van der Waals surface area (Å²) < 4.78 is 12.6. The number of nitrogens with zero attached hydrogens (tertiary/aromatic N) is 2. The lowest BCUT2D eigenvalue weighted by Crippen LogP contribution is -2.54. The van der Waals surface area contributed by atoms with Gasteiger partial charge in [-0.2, -0.15) is 0 Å². The van der Waals surface area contributed by atoms with Crippen LogP contribution in [0.4, 0.5) is 10.5 Å². The van der Waals surface area contributed by atoms with Crippen molar-refractivity contribution in [3.63, 3.8) is 0 Å². The Labute approximate surface area is 197 Å². The molecule has 0 aliphatic carbocycles. The number of anilines is 1. The van der Waals surface area contributed by atoms with Crippen LogP contribution in [0, 0.1) is 20.8 Å². The van der Waals surface area contributed by atoms with E-state index in [0.29, 0.717) is 11.3 Å². The van der Waals surface area contributed by atoms with E-state index in [9.17, 15) is 14.4 Å². The van der Waals surface area contributed by atoms with E-state index in [0.717, 1.165) is 27.5 Å². The predicted molar refractivity (Wildman–Crippen MR) is 129 cm³/mol. The molecule has 2 aromatic carbocycles. The molecule has 1 saturated heterocycles. The van der Waals surface area contributed by atoms with E-state index >= 15 is 0 Å². The molecular weight excluding hydrogens is 434 g/mol. The maximum Gasteiger partial charge on any atom is 0.336 e. The normalized spacial score (nSPS) is 15.0. The Morgan fingerprint density at radius 3 is 2.24 bits per heavy atom. The van der Waals surface area contributed by atoms with Gasteiger partial charge in [-0.3, -0.25) is 14.9 Å². The number of methoxy groups -OCH3 is 2. The molecule has 1 N–H and O–H groups in total. The minimum atomic E-state index is -0.858. The molecule has 8 heteroatoms. The summed E-state index contributed by atoms with van der Waals surface area (Å²) in [5, 5.41) is 2.25. The summed E-state index contributed by atoms with van der Waals surface area (Å²) in [6.07, 6.45) is 1.51. The van der Waals surface area contributed by atoms with Gasteiger partial charge in [0.15, 0.2) is 0 Å². The number of carbonyl (C=O) groups is 3. The van der Waals surface area contributed by atoms with E-state index in [1.165, 1.54) is 26.4 Å². The number of aromatic nitrogens is 1. The maximum absolute atomic E-state index is 13.4. The van der Waals surface area contributed by atoms with E-state index in [4.69, 9.17) is 9.47 Å². The quantitative estimate of drug-likeness (QED) is 0.459. The lowest BCUT2D eigenvalue weighted by Gasteiger charge is -2.27. The number of barbiturate groups is 1. The van der Waals surface area contributed by atoms with Crippen LogP contribution >= 0.6 is 0 Å². The summed E-state index contributed by atoms with van der Waals surface area (Å²) in [6, 6.07) is 13.9. The molecule has 1 aliphatic heterocycles. The fourth-order valence-corrected chi connectivity index (χ4v) is 4.03. The Hall–Kier alpha value is -4.33. The van der Waals surface area contributed by atoms with Gasteiger partial charge in [-0.1, -0.05) is 17.7 Å². The second-order valence-corrected chi connectivity index (χ2v) is 7.99. The number of amides is 4. The van der Waals surface area contributed by atoms with Crippen molar-refractivity contribution in [3.05, 3.63) is 76.6 Å². The van der Waals surface area contributed by atoms with Crippen molar-refractivity contribution < 1.29 is 23.9 Å². The zero-order valence-electron chi connectivity index (χ0n) is 19.6. The molecule has 0 bridgehead atoms. The van der Waals surface area contributed by atoms with Crippen molar-refractivity contribution >= 4 is 29.6 Å². The van der Waals surface area contributed by atoms with Crippen molar-refractivity contribution in [2.24, 2.45) is 0 Å². The van der Waals surface area contributed by atoms with Gasteiger partial charge in [0.25, 0.3) is 11.8 Å². The smallest absolute Gasteiger partial charge is 0.336 e. The zero-order valence-corrected chi connectivity index (χ0v) is 19.6. The largest absolute Gasteiger partial charge is 0.497 e. The number of imide groups is 2. The highest BCUT2D eigenvalue weighted by molar-refractivity contribution is 6.39. The molecule has 0 atom stereocenters. The van der Waals surface area contributed by atoms with Crippen LogP contribution in [0.5, 0.6) is 11.5 Å². The summed E-state index contributed by atoms with van der Waals surface area (Å²) in [4.78, 5) is 39.6. The number of rotatable bonds is 5. The Balaban J connectivity index is 1.78. The minimum absolute atomic E-state index is 0.159. The summed E-state index contributed by atoms with van der Waals surface area (Å²) in [6.45, 7) is 5.89. The highest BCUT2D eigenvalue weighted by Gasteiger charge is 2.38. The van der Waals surface area contributed by atoms with Crippen LogP contribution in [0.3, 0.4) is 0 Å². The highest BCUT2D eigenvalue weighted by atomic mass is 16.5. The topological polar surface area (TPSA) is 89.9 Å². The fraction of sp³-hybridized carbons (Fsp3) is 0.192. The van der Waals surface area contributed by atoms with Gasteiger partial charge in [0.1, 0.15) is 17.1 Å². The van der Waals surface area contributed by atoms with Gasteiger partial charge < -0.3 is 14.0 Å². The van der Waals surface area contributed by atoms with Crippen LogP contribution in [0.15, 0.2) is 54.1 Å². The van der Waals surface area contributed by atoms with Crippen molar-refractivity contribution in [2.45, 2.75) is 20.8 Å². The molecule has 1 fully saturated rings. The number of benzene rings is 2. The SMILES string of the molecule is COc1ccc(OC)c(N2C(=O)NC(=O)/C(=C/c3cc(C)n(-c4ccc(C)cc4)c3C)C2=O)c1. The average molecular weight is 460 g/mol. The first-order chi connectivity index (χ1) is 16.2. The average Bonchev–Trinajstić information content (AvgIpc) is 3.09. The number of hydrogen-bond acceptors (Lipinski definition) is 5. The Morgan fingerprint density at radius 2 is 1.59 bits per heavy atom. The summed E-state index contributed by atoms with van der Waals surface area (Å²) in [5.41, 5.74) is 4.64. The molecule has 34 heavy (non-hydrogen) atoms. The van der Waals surface area contributed by atoms with Gasteiger partial charge in [0, 0.05) is 23.1 Å². The molecule has 2 heterocycles. The van der Waals surface area contributed by atoms with Crippen molar-refractivity contribution in [2.75, 3.05) is 19.1 Å². The molecule has 8 nitrogen and oxygen atoms in total. The fourth-order valence-electron chi connectivity index (χ4n) is 4.03. The third-order valence-electron chi connectivity index (χ3n) is 5.79. The number of ether oxygens (including phenoxy) is 2. The lowest BCUT2D eigenvalue weighted by atomic mass is 10.1. The third-order valence-corrected chi connectivity index (χ3v) is 5.79. The maximum atomic E-state index is 13.4. The molecule has 4 rings (SSSR count). The first kappa shape index (κ1) is 22.8. The van der Waals surface area contributed by atoms with Gasteiger partial charge in [-0.05, 0) is 62.7 Å². The van der Waals surface area contributed by atoms with Crippen LogP contribution in [-0.2, 0) is 9.59 Å². The number of hydrogen-bond donors (Lipinski definition) is 1. The molecule has 0 saturated carbocycles. The van der Waals surface area contributed by atoms with Crippen LogP contribution in [-0.4, -0.2) is 36.6 Å². The molecule has 1 aliphatic rings. The van der Waals surface area contributed by atoms with E-state index in [1.807, 2.05) is 55.7 Å².